The monoisotopic (exact) mass is 510 g/mol. The number of benzene rings is 1. The van der Waals surface area contributed by atoms with Gasteiger partial charge in [-0.3, -0.25) is 28.8 Å². The Balaban J connectivity index is 2.69. The van der Waals surface area contributed by atoms with E-state index in [4.69, 9.17) is 33.2 Å². The van der Waals surface area contributed by atoms with E-state index in [1.165, 1.54) is 24.3 Å². The van der Waals surface area contributed by atoms with Crippen LogP contribution in [0.5, 0.6) is 5.75 Å². The van der Waals surface area contributed by atoms with Crippen molar-refractivity contribution in [1.29, 1.82) is 0 Å². The van der Waals surface area contributed by atoms with Gasteiger partial charge in [-0.25, -0.2) is 0 Å². The smallest absolute Gasteiger partial charge is 0.327 e. The molecule has 0 aromatic heterocycles. The van der Waals surface area contributed by atoms with Crippen LogP contribution in [0.15, 0.2) is 24.3 Å². The first-order valence-electron chi connectivity index (χ1n) is 10.6. The third kappa shape index (κ3) is 7.25. The van der Waals surface area contributed by atoms with Gasteiger partial charge in [0.2, 0.25) is 18.5 Å². The molecule has 0 aliphatic carbocycles. The van der Waals surface area contributed by atoms with Crippen molar-refractivity contribution in [2.75, 3.05) is 6.61 Å². The van der Waals surface area contributed by atoms with Crippen LogP contribution in [0, 0.1) is 0 Å². The van der Waals surface area contributed by atoms with Gasteiger partial charge < -0.3 is 33.2 Å². The predicted octanol–water partition coefficient (Wildman–Crippen LogP) is 0.852. The highest BCUT2D eigenvalue weighted by molar-refractivity contribution is 5.75. The third-order valence-corrected chi connectivity index (χ3v) is 4.60. The SMILES string of the molecule is CC(=O)OCC1OC(Oc2cccc(C=O)c2)C(OC(C)=O)C(OC(C)=O)C1(OC(C)=O)OC(C)=O. The lowest BCUT2D eigenvalue weighted by Gasteiger charge is -2.49. The Morgan fingerprint density at radius 2 is 1.50 bits per heavy atom. The fourth-order valence-corrected chi connectivity index (χ4v) is 3.48. The molecule has 4 atom stereocenters. The number of aldehydes is 1. The molecule has 1 aromatic carbocycles. The molecule has 13 heteroatoms. The topological polar surface area (TPSA) is 167 Å². The average molecular weight is 510 g/mol. The van der Waals surface area contributed by atoms with Gasteiger partial charge in [-0.05, 0) is 12.1 Å². The maximum atomic E-state index is 12.1. The molecule has 36 heavy (non-hydrogen) atoms. The molecule has 0 radical (unpaired) electrons. The highest BCUT2D eigenvalue weighted by Crippen LogP contribution is 2.39. The van der Waals surface area contributed by atoms with Crippen LogP contribution in [0.2, 0.25) is 0 Å². The van der Waals surface area contributed by atoms with Crippen molar-refractivity contribution in [3.05, 3.63) is 29.8 Å². The van der Waals surface area contributed by atoms with Gasteiger partial charge in [-0.15, -0.1) is 0 Å². The highest BCUT2D eigenvalue weighted by Gasteiger charge is 2.66. The zero-order valence-corrected chi connectivity index (χ0v) is 20.2. The van der Waals surface area contributed by atoms with Crippen molar-refractivity contribution in [2.45, 2.75) is 65.0 Å². The van der Waals surface area contributed by atoms with Gasteiger partial charge >= 0.3 is 35.6 Å². The van der Waals surface area contributed by atoms with Crippen LogP contribution in [0.25, 0.3) is 0 Å². The zero-order chi connectivity index (χ0) is 27.0. The van der Waals surface area contributed by atoms with Crippen molar-refractivity contribution in [1.82, 2.24) is 0 Å². The number of hydrogen-bond acceptors (Lipinski definition) is 13. The van der Waals surface area contributed by atoms with E-state index in [0.29, 0.717) is 6.29 Å². The molecular formula is C23H26O13. The molecule has 196 valence electrons. The maximum Gasteiger partial charge on any atom is 0.327 e. The van der Waals surface area contributed by atoms with Gasteiger partial charge in [0.15, 0.2) is 6.10 Å². The number of carbonyl (C=O) groups is 6. The fourth-order valence-electron chi connectivity index (χ4n) is 3.48. The molecular weight excluding hydrogens is 484 g/mol. The summed E-state index contributed by atoms with van der Waals surface area (Å²) in [5.41, 5.74) is 0.245. The molecule has 1 fully saturated rings. The van der Waals surface area contributed by atoms with Crippen LogP contribution in [0.4, 0.5) is 0 Å². The van der Waals surface area contributed by atoms with Crippen LogP contribution in [0.3, 0.4) is 0 Å². The lowest BCUT2D eigenvalue weighted by molar-refractivity contribution is -0.377. The molecule has 0 N–H and O–H groups in total. The summed E-state index contributed by atoms with van der Waals surface area (Å²) in [6, 6.07) is 5.82. The second-order valence-electron chi connectivity index (χ2n) is 7.62. The molecule has 0 bridgehead atoms. The van der Waals surface area contributed by atoms with Crippen molar-refractivity contribution in [3.63, 3.8) is 0 Å². The molecule has 1 saturated heterocycles. The van der Waals surface area contributed by atoms with Gasteiger partial charge in [0, 0.05) is 40.2 Å². The second-order valence-corrected chi connectivity index (χ2v) is 7.62. The molecule has 2 rings (SSSR count). The summed E-state index contributed by atoms with van der Waals surface area (Å²) >= 11 is 0. The van der Waals surface area contributed by atoms with Gasteiger partial charge in [0.25, 0.3) is 0 Å². The molecule has 1 aliphatic rings. The second kappa shape index (κ2) is 12.1. The Bertz CT molecular complexity index is 1000. The van der Waals surface area contributed by atoms with Crippen molar-refractivity contribution in [2.24, 2.45) is 0 Å². The first kappa shape index (κ1) is 28.2. The maximum absolute atomic E-state index is 12.1. The first-order valence-corrected chi connectivity index (χ1v) is 10.6. The fraction of sp³-hybridized carbons (Fsp3) is 0.478. The summed E-state index contributed by atoms with van der Waals surface area (Å²) in [6.07, 6.45) is -6.14. The molecule has 1 heterocycles. The molecule has 13 nitrogen and oxygen atoms in total. The zero-order valence-electron chi connectivity index (χ0n) is 20.2. The van der Waals surface area contributed by atoms with E-state index in [1.54, 1.807) is 0 Å². The van der Waals surface area contributed by atoms with Gasteiger partial charge in [0.05, 0.1) is 0 Å². The number of carbonyl (C=O) groups excluding carboxylic acids is 6. The Labute approximate surface area is 205 Å². The largest absolute Gasteiger partial charge is 0.463 e. The normalized spacial score (nSPS) is 22.4. The summed E-state index contributed by atoms with van der Waals surface area (Å²) in [7, 11) is 0. The van der Waals surface area contributed by atoms with E-state index in [2.05, 4.69) is 0 Å². The van der Waals surface area contributed by atoms with E-state index in [1.807, 2.05) is 0 Å². The number of ether oxygens (including phenoxy) is 7. The van der Waals surface area contributed by atoms with Crippen LogP contribution in [-0.4, -0.2) is 73.1 Å². The standard InChI is InChI=1S/C23H26O13/c1-12(25)30-11-19-23(35-15(4)28,36-16(5)29)21(32-14(3)27)20(31-13(2)26)22(34-19)33-18-8-6-7-17(9-18)10-24/h6-10,19-22H,11H2,1-5H3. The van der Waals surface area contributed by atoms with Crippen LogP contribution >= 0.6 is 0 Å². The van der Waals surface area contributed by atoms with Crippen molar-refractivity contribution < 1.29 is 61.9 Å². The quantitative estimate of drug-likeness (QED) is 0.199. The van der Waals surface area contributed by atoms with E-state index in [0.717, 1.165) is 34.6 Å². The average Bonchev–Trinajstić information content (AvgIpc) is 2.75. The minimum Gasteiger partial charge on any atom is -0.463 e. The summed E-state index contributed by atoms with van der Waals surface area (Å²) in [6.45, 7) is 4.44. The number of hydrogen-bond donors (Lipinski definition) is 0. The lowest BCUT2D eigenvalue weighted by Crippen LogP contribution is -2.72. The molecule has 0 spiro atoms. The van der Waals surface area contributed by atoms with Crippen molar-refractivity contribution >= 4 is 36.1 Å². The van der Waals surface area contributed by atoms with E-state index in [-0.39, 0.29) is 11.3 Å². The van der Waals surface area contributed by atoms with Crippen molar-refractivity contribution in [3.8, 4) is 5.75 Å². The van der Waals surface area contributed by atoms with Gasteiger partial charge in [-0.2, -0.15) is 0 Å². The summed E-state index contributed by atoms with van der Waals surface area (Å²) in [5.74, 6) is -7.04. The van der Waals surface area contributed by atoms with E-state index in [9.17, 15) is 28.8 Å². The Kier molecular flexibility index (Phi) is 9.50. The third-order valence-electron chi connectivity index (χ3n) is 4.60. The minimum atomic E-state index is -2.55. The Morgan fingerprint density at radius 1 is 0.889 bits per heavy atom. The Hall–Kier alpha value is -4.00. The molecule has 1 aliphatic heterocycles. The van der Waals surface area contributed by atoms with E-state index >= 15 is 0 Å². The molecule has 0 amide bonds. The number of esters is 5. The lowest BCUT2D eigenvalue weighted by atomic mass is 9.93. The minimum absolute atomic E-state index is 0.0852. The molecule has 1 aromatic rings. The van der Waals surface area contributed by atoms with Gasteiger partial charge in [0.1, 0.15) is 18.6 Å². The molecule has 0 saturated carbocycles. The van der Waals surface area contributed by atoms with Crippen LogP contribution < -0.4 is 4.74 Å². The molecule has 4 unspecified atom stereocenters. The van der Waals surface area contributed by atoms with Gasteiger partial charge in [-0.1, -0.05) is 12.1 Å². The van der Waals surface area contributed by atoms with Crippen LogP contribution in [-0.2, 0) is 52.4 Å². The highest BCUT2D eigenvalue weighted by atomic mass is 16.8. The predicted molar refractivity (Wildman–Crippen MR) is 115 cm³/mol. The van der Waals surface area contributed by atoms with Crippen LogP contribution in [0.1, 0.15) is 45.0 Å². The number of rotatable bonds is 9. The first-order chi connectivity index (χ1) is 16.9. The summed E-state index contributed by atoms with van der Waals surface area (Å²) in [5, 5.41) is 0. The summed E-state index contributed by atoms with van der Waals surface area (Å²) < 4.78 is 38.0. The summed E-state index contributed by atoms with van der Waals surface area (Å²) in [4.78, 5) is 71.0. The van der Waals surface area contributed by atoms with E-state index < -0.39 is 66.8 Å². The Morgan fingerprint density at radius 3 is 2.00 bits per heavy atom.